The van der Waals surface area contributed by atoms with Gasteiger partial charge < -0.3 is 0 Å². The molecule has 1 rings (SSSR count). The van der Waals surface area contributed by atoms with Crippen molar-refractivity contribution in [1.82, 2.24) is 0 Å². The maximum absolute atomic E-state index is 12.6. The fraction of sp³-hybridized carbons (Fsp3) is 0.417. The van der Waals surface area contributed by atoms with Crippen LogP contribution in [0.5, 0.6) is 0 Å². The fourth-order valence-electron chi connectivity index (χ4n) is 1.35. The summed E-state index contributed by atoms with van der Waals surface area (Å²) in [5.41, 5.74) is 1.09. The van der Waals surface area contributed by atoms with Crippen LogP contribution in [0.3, 0.4) is 0 Å². The van der Waals surface area contributed by atoms with Crippen LogP contribution in [0, 0.1) is 6.92 Å². The van der Waals surface area contributed by atoms with Crippen LogP contribution >= 0.6 is 0 Å². The van der Waals surface area contributed by atoms with E-state index in [2.05, 4.69) is 0 Å². The summed E-state index contributed by atoms with van der Waals surface area (Å²) in [6.07, 6.45) is -5.44. The highest BCUT2D eigenvalue weighted by molar-refractivity contribution is 5.96. The summed E-state index contributed by atoms with van der Waals surface area (Å²) in [4.78, 5) is 11.5. The number of ketones is 1. The number of aryl methyl sites for hydroxylation is 1. The average Bonchev–Trinajstić information content (AvgIpc) is 2.25. The lowest BCUT2D eigenvalue weighted by atomic mass is 10.0. The van der Waals surface area contributed by atoms with Crippen LogP contribution in [0.25, 0.3) is 0 Å². The molecule has 0 spiro atoms. The predicted molar refractivity (Wildman–Crippen MR) is 55.7 cm³/mol. The van der Waals surface area contributed by atoms with E-state index in [1.165, 1.54) is 6.07 Å². The van der Waals surface area contributed by atoms with E-state index in [0.29, 0.717) is 0 Å². The Labute approximate surface area is 96.4 Å². The molecule has 0 saturated heterocycles. The largest absolute Gasteiger partial charge is 0.307 e. The van der Waals surface area contributed by atoms with Crippen LogP contribution in [0.2, 0.25) is 0 Å². The first kappa shape index (κ1) is 13.7. The minimum absolute atomic E-state index is 0.273. The third kappa shape index (κ3) is 3.84. The summed E-state index contributed by atoms with van der Waals surface area (Å²) in [6, 6.07) is 6.40. The third-order valence-corrected chi connectivity index (χ3v) is 2.34. The van der Waals surface area contributed by atoms with Crippen molar-refractivity contribution in [1.29, 1.82) is 0 Å². The highest BCUT2D eigenvalue weighted by Gasteiger charge is 2.40. The van der Waals surface area contributed by atoms with Gasteiger partial charge in [-0.25, -0.2) is 17.6 Å². The van der Waals surface area contributed by atoms with Crippen molar-refractivity contribution in [2.24, 2.45) is 0 Å². The zero-order valence-electron chi connectivity index (χ0n) is 9.22. The molecule has 1 aromatic carbocycles. The molecule has 0 aromatic heterocycles. The molecule has 0 unspecified atom stereocenters. The van der Waals surface area contributed by atoms with Crippen molar-refractivity contribution in [2.75, 3.05) is 0 Å². The van der Waals surface area contributed by atoms with Gasteiger partial charge in [-0.2, -0.15) is 0 Å². The van der Waals surface area contributed by atoms with Crippen molar-refractivity contribution in [3.05, 3.63) is 35.4 Å². The highest BCUT2D eigenvalue weighted by Crippen LogP contribution is 2.28. The summed E-state index contributed by atoms with van der Waals surface area (Å²) >= 11 is 0. The molecule has 0 fully saturated rings. The molecule has 0 heterocycles. The van der Waals surface area contributed by atoms with Gasteiger partial charge in [0.2, 0.25) is 0 Å². The Morgan fingerprint density at radius 3 is 2.53 bits per heavy atom. The number of alkyl halides is 4. The van der Waals surface area contributed by atoms with Gasteiger partial charge in [0.15, 0.2) is 5.78 Å². The maximum Gasteiger partial charge on any atom is 0.307 e. The molecule has 0 aliphatic carbocycles. The first-order valence-electron chi connectivity index (χ1n) is 5.09. The molecule has 1 nitrogen and oxygen atoms in total. The second kappa shape index (κ2) is 5.29. The molecule has 0 bridgehead atoms. The Morgan fingerprint density at radius 1 is 1.35 bits per heavy atom. The van der Waals surface area contributed by atoms with Crippen molar-refractivity contribution < 1.29 is 22.4 Å². The number of hydrogen-bond acceptors (Lipinski definition) is 1. The van der Waals surface area contributed by atoms with Gasteiger partial charge in [-0.15, -0.1) is 0 Å². The van der Waals surface area contributed by atoms with Gasteiger partial charge in [0, 0.05) is 18.4 Å². The number of halogens is 4. The second-order valence-electron chi connectivity index (χ2n) is 3.85. The van der Waals surface area contributed by atoms with Crippen LogP contribution < -0.4 is 0 Å². The van der Waals surface area contributed by atoms with Crippen LogP contribution in [0.1, 0.15) is 28.8 Å². The molecule has 5 heteroatoms. The van der Waals surface area contributed by atoms with Crippen molar-refractivity contribution in [3.8, 4) is 0 Å². The normalized spacial score (nSPS) is 11.9. The summed E-state index contributed by atoms with van der Waals surface area (Å²) in [6.45, 7) is 1.75. The number of benzene rings is 1. The molecule has 94 valence electrons. The molecule has 17 heavy (non-hydrogen) atoms. The summed E-state index contributed by atoms with van der Waals surface area (Å²) in [5.74, 6) is -4.64. The van der Waals surface area contributed by atoms with Gasteiger partial charge in [-0.3, -0.25) is 4.79 Å². The number of rotatable bonds is 5. The fourth-order valence-corrected chi connectivity index (χ4v) is 1.35. The van der Waals surface area contributed by atoms with Crippen LogP contribution in [-0.4, -0.2) is 18.1 Å². The summed E-state index contributed by atoms with van der Waals surface area (Å²) < 4.78 is 48.9. The molecular formula is C12H12F4O. The highest BCUT2D eigenvalue weighted by atomic mass is 19.3. The molecular weight excluding hydrogens is 236 g/mol. The lowest BCUT2D eigenvalue weighted by Crippen LogP contribution is -2.27. The van der Waals surface area contributed by atoms with Gasteiger partial charge in [0.05, 0.1) is 0 Å². The Morgan fingerprint density at radius 2 is 2.00 bits per heavy atom. The predicted octanol–water partition coefficient (Wildman–Crippen LogP) is 3.86. The van der Waals surface area contributed by atoms with E-state index in [1.54, 1.807) is 25.1 Å². The van der Waals surface area contributed by atoms with E-state index in [0.717, 1.165) is 5.56 Å². The first-order valence-corrected chi connectivity index (χ1v) is 5.09. The Balaban J connectivity index is 2.62. The lowest BCUT2D eigenvalue weighted by molar-refractivity contribution is -0.132. The van der Waals surface area contributed by atoms with E-state index >= 15 is 0 Å². The molecule has 0 aliphatic heterocycles. The van der Waals surface area contributed by atoms with E-state index < -0.39 is 31.0 Å². The van der Waals surface area contributed by atoms with E-state index in [-0.39, 0.29) is 5.56 Å². The molecule has 1 aromatic rings. The number of carbonyl (C=O) groups excluding carboxylic acids is 1. The first-order chi connectivity index (χ1) is 7.83. The van der Waals surface area contributed by atoms with Gasteiger partial charge in [-0.1, -0.05) is 23.8 Å². The van der Waals surface area contributed by atoms with E-state index in [4.69, 9.17) is 0 Å². The zero-order valence-corrected chi connectivity index (χ0v) is 9.22. The van der Waals surface area contributed by atoms with Gasteiger partial charge in [0.25, 0.3) is 0 Å². The third-order valence-electron chi connectivity index (χ3n) is 2.34. The Kier molecular flexibility index (Phi) is 4.26. The summed E-state index contributed by atoms with van der Waals surface area (Å²) in [7, 11) is 0. The number of carbonyl (C=O) groups is 1. The Hall–Kier alpha value is -1.39. The average molecular weight is 248 g/mol. The van der Waals surface area contributed by atoms with Gasteiger partial charge in [0.1, 0.15) is 0 Å². The summed E-state index contributed by atoms with van der Waals surface area (Å²) in [5, 5.41) is 0. The van der Waals surface area contributed by atoms with Crippen molar-refractivity contribution >= 4 is 5.78 Å². The molecule has 0 radical (unpaired) electrons. The molecule has 0 atom stereocenters. The van der Waals surface area contributed by atoms with Crippen molar-refractivity contribution in [2.45, 2.75) is 32.1 Å². The van der Waals surface area contributed by atoms with Gasteiger partial charge >= 0.3 is 12.3 Å². The molecule has 0 N–H and O–H groups in total. The monoisotopic (exact) mass is 248 g/mol. The SMILES string of the molecule is Cc1cccc(C(=O)CCC(F)(F)C(F)F)c1. The van der Waals surface area contributed by atoms with Crippen LogP contribution in [-0.2, 0) is 0 Å². The Bertz CT molecular complexity index is 401. The lowest BCUT2D eigenvalue weighted by Gasteiger charge is -2.14. The molecule has 0 aliphatic rings. The smallest absolute Gasteiger partial charge is 0.294 e. The van der Waals surface area contributed by atoms with E-state index in [9.17, 15) is 22.4 Å². The van der Waals surface area contributed by atoms with Crippen molar-refractivity contribution in [3.63, 3.8) is 0 Å². The number of hydrogen-bond donors (Lipinski definition) is 0. The van der Waals surface area contributed by atoms with Crippen LogP contribution in [0.15, 0.2) is 24.3 Å². The minimum Gasteiger partial charge on any atom is -0.294 e. The standard InChI is InChI=1S/C12H12F4O/c1-8-3-2-4-9(7-8)10(17)5-6-12(15,16)11(13)14/h2-4,7,11H,5-6H2,1H3. The molecule has 0 amide bonds. The minimum atomic E-state index is -4.10. The number of Topliss-reactive ketones (excluding diaryl/α,β-unsaturated/α-hetero) is 1. The molecule has 0 saturated carbocycles. The maximum atomic E-state index is 12.6. The van der Waals surface area contributed by atoms with E-state index in [1.807, 2.05) is 0 Å². The zero-order chi connectivity index (χ0) is 13.1. The quantitative estimate of drug-likeness (QED) is 0.571. The van der Waals surface area contributed by atoms with Crippen LogP contribution in [0.4, 0.5) is 17.6 Å². The topological polar surface area (TPSA) is 17.1 Å². The van der Waals surface area contributed by atoms with Gasteiger partial charge in [-0.05, 0) is 13.0 Å². The second-order valence-corrected chi connectivity index (χ2v) is 3.85.